The highest BCUT2D eigenvalue weighted by Gasteiger charge is 2.30. The van der Waals surface area contributed by atoms with Crippen molar-refractivity contribution >= 4 is 22.6 Å². The molecular formula is C28H25NO6. The second-order valence-electron chi connectivity index (χ2n) is 8.36. The van der Waals surface area contributed by atoms with E-state index in [9.17, 15) is 15.0 Å². The van der Waals surface area contributed by atoms with E-state index in [2.05, 4.69) is 5.32 Å². The Morgan fingerprint density at radius 3 is 2.54 bits per heavy atom. The number of carbonyl (C=O) groups is 1. The number of benzene rings is 3. The van der Waals surface area contributed by atoms with E-state index in [0.29, 0.717) is 12.1 Å². The topological polar surface area (TPSA) is 101 Å². The van der Waals surface area contributed by atoms with Crippen molar-refractivity contribution in [2.24, 2.45) is 0 Å². The molecule has 0 spiro atoms. The van der Waals surface area contributed by atoms with Crippen LogP contribution in [-0.2, 0) is 27.5 Å². The Bertz CT molecular complexity index is 1360. The molecule has 35 heavy (non-hydrogen) atoms. The maximum absolute atomic E-state index is 13.1. The maximum Gasteiger partial charge on any atom is 0.290 e. The summed E-state index contributed by atoms with van der Waals surface area (Å²) >= 11 is 0. The molecule has 7 heteroatoms. The Labute approximate surface area is 202 Å². The average Bonchev–Trinajstić information content (AvgIpc) is 3.33. The predicted octanol–water partition coefficient (Wildman–Crippen LogP) is 5.20. The third-order valence-electron chi connectivity index (χ3n) is 5.99. The zero-order chi connectivity index (χ0) is 24.2. The summed E-state index contributed by atoms with van der Waals surface area (Å²) < 4.78 is 17.7. The Hall–Kier alpha value is -4.07. The van der Waals surface area contributed by atoms with Gasteiger partial charge in [-0.05, 0) is 35.4 Å². The summed E-state index contributed by atoms with van der Waals surface area (Å²) in [5.41, 5.74) is 3.74. The van der Waals surface area contributed by atoms with Crippen LogP contribution in [0.3, 0.4) is 0 Å². The largest absolute Gasteiger partial charge is 0.506 e. The van der Waals surface area contributed by atoms with Crippen molar-refractivity contribution in [3.8, 4) is 5.75 Å². The molecule has 1 aromatic heterocycles. The van der Waals surface area contributed by atoms with Gasteiger partial charge in [-0.25, -0.2) is 0 Å². The lowest BCUT2D eigenvalue weighted by atomic mass is 9.92. The maximum atomic E-state index is 13.1. The number of ether oxygens (including phenoxy) is 2. The SMILES string of the molecule is O=C(Nc1ccccc1O)C1=C[C@H](c2coc3ccccc23)C[C@H](OCc2ccc(CO)cc2)O1. The Morgan fingerprint density at radius 1 is 1.00 bits per heavy atom. The monoisotopic (exact) mass is 471 g/mol. The van der Waals surface area contributed by atoms with Gasteiger partial charge < -0.3 is 29.4 Å². The zero-order valence-electron chi connectivity index (χ0n) is 18.9. The molecule has 2 heterocycles. The van der Waals surface area contributed by atoms with E-state index in [1.54, 1.807) is 30.5 Å². The minimum absolute atomic E-state index is 0.0204. The normalized spacial score (nSPS) is 17.6. The molecule has 0 radical (unpaired) electrons. The van der Waals surface area contributed by atoms with Crippen molar-refractivity contribution < 1.29 is 28.9 Å². The van der Waals surface area contributed by atoms with Gasteiger partial charge in [-0.15, -0.1) is 0 Å². The van der Waals surface area contributed by atoms with E-state index in [1.807, 2.05) is 48.5 Å². The summed E-state index contributed by atoms with van der Waals surface area (Å²) in [6, 6.07) is 21.7. The smallest absolute Gasteiger partial charge is 0.290 e. The van der Waals surface area contributed by atoms with Gasteiger partial charge in [0.1, 0.15) is 11.3 Å². The molecule has 0 aliphatic carbocycles. The fourth-order valence-corrected chi connectivity index (χ4v) is 4.11. The van der Waals surface area contributed by atoms with E-state index in [-0.39, 0.29) is 30.6 Å². The summed E-state index contributed by atoms with van der Waals surface area (Å²) in [6.45, 7) is 0.261. The van der Waals surface area contributed by atoms with Gasteiger partial charge >= 0.3 is 0 Å². The van der Waals surface area contributed by atoms with Gasteiger partial charge in [0, 0.05) is 23.3 Å². The standard InChI is InChI=1S/C28H25NO6/c30-15-18-9-11-19(12-10-18)16-34-27-14-20(22-17-33-25-8-4-1-5-21(22)25)13-26(35-27)28(32)29-23-6-2-3-7-24(23)31/h1-13,17,20,27,30-31H,14-16H2,(H,29,32)/t20-,27+/m0/s1. The van der Waals surface area contributed by atoms with Crippen molar-refractivity contribution in [2.45, 2.75) is 31.8 Å². The van der Waals surface area contributed by atoms with Crippen molar-refractivity contribution in [2.75, 3.05) is 5.32 Å². The van der Waals surface area contributed by atoms with Crippen LogP contribution >= 0.6 is 0 Å². The molecule has 1 amide bonds. The third-order valence-corrected chi connectivity index (χ3v) is 5.99. The number of furan rings is 1. The van der Waals surface area contributed by atoms with E-state index >= 15 is 0 Å². The molecule has 0 fully saturated rings. The highest BCUT2D eigenvalue weighted by atomic mass is 16.7. The Morgan fingerprint density at radius 2 is 1.74 bits per heavy atom. The first-order chi connectivity index (χ1) is 17.1. The second-order valence-corrected chi connectivity index (χ2v) is 8.36. The number of anilines is 1. The van der Waals surface area contributed by atoms with E-state index in [4.69, 9.17) is 13.9 Å². The van der Waals surface area contributed by atoms with Gasteiger partial charge in [0.25, 0.3) is 5.91 Å². The number of hydrogen-bond donors (Lipinski definition) is 3. The lowest BCUT2D eigenvalue weighted by Crippen LogP contribution is -2.29. The summed E-state index contributed by atoms with van der Waals surface area (Å²) in [4.78, 5) is 13.1. The predicted molar refractivity (Wildman–Crippen MR) is 130 cm³/mol. The number of nitrogens with one attached hydrogen (secondary N) is 1. The molecule has 0 saturated carbocycles. The zero-order valence-corrected chi connectivity index (χ0v) is 18.9. The number of phenols is 1. The molecule has 0 saturated heterocycles. The first kappa shape index (κ1) is 22.7. The van der Waals surface area contributed by atoms with Gasteiger partial charge in [0.2, 0.25) is 6.29 Å². The average molecular weight is 472 g/mol. The Kier molecular flexibility index (Phi) is 6.52. The highest BCUT2D eigenvalue weighted by molar-refractivity contribution is 6.03. The number of aromatic hydroxyl groups is 1. The van der Waals surface area contributed by atoms with Crippen molar-refractivity contribution in [1.29, 1.82) is 0 Å². The van der Waals surface area contributed by atoms with Crippen LogP contribution < -0.4 is 5.32 Å². The number of phenolic OH excluding ortho intramolecular Hbond substituents is 1. The third kappa shape index (κ3) is 5.06. The molecule has 178 valence electrons. The van der Waals surface area contributed by atoms with E-state index in [1.165, 1.54) is 6.07 Å². The minimum Gasteiger partial charge on any atom is -0.506 e. The van der Waals surface area contributed by atoms with Gasteiger partial charge in [-0.3, -0.25) is 4.79 Å². The Balaban J connectivity index is 1.39. The molecule has 3 N–H and O–H groups in total. The van der Waals surface area contributed by atoms with Crippen LogP contribution in [-0.4, -0.2) is 22.4 Å². The summed E-state index contributed by atoms with van der Waals surface area (Å²) in [5, 5.41) is 23.0. The van der Waals surface area contributed by atoms with E-state index in [0.717, 1.165) is 27.7 Å². The van der Waals surface area contributed by atoms with E-state index < -0.39 is 12.2 Å². The lowest BCUT2D eigenvalue weighted by molar-refractivity contribution is -0.147. The molecule has 2 atom stereocenters. The number of rotatable bonds is 7. The molecular weight excluding hydrogens is 446 g/mol. The summed E-state index contributed by atoms with van der Waals surface area (Å²) in [5.74, 6) is -0.589. The second kappa shape index (κ2) is 10.0. The number of carbonyl (C=O) groups excluding carboxylic acids is 1. The van der Waals surface area contributed by atoms with Crippen molar-refractivity contribution in [3.05, 3.63) is 108 Å². The molecule has 0 unspecified atom stereocenters. The van der Waals surface area contributed by atoms with Crippen LogP contribution in [0.5, 0.6) is 5.75 Å². The molecule has 5 rings (SSSR count). The number of allylic oxidation sites excluding steroid dienone is 1. The van der Waals surface area contributed by atoms with Crippen LogP contribution in [0.2, 0.25) is 0 Å². The van der Waals surface area contributed by atoms with Gasteiger partial charge in [0.05, 0.1) is 25.2 Å². The van der Waals surface area contributed by atoms with Crippen molar-refractivity contribution in [3.63, 3.8) is 0 Å². The fraction of sp³-hybridized carbons (Fsp3) is 0.179. The minimum atomic E-state index is -0.679. The highest BCUT2D eigenvalue weighted by Crippen LogP contribution is 2.37. The first-order valence-corrected chi connectivity index (χ1v) is 11.3. The van der Waals surface area contributed by atoms with Crippen LogP contribution in [0.25, 0.3) is 11.0 Å². The summed E-state index contributed by atoms with van der Waals surface area (Å²) in [6.07, 6.45) is 3.29. The van der Waals surface area contributed by atoms with Crippen LogP contribution in [0.1, 0.15) is 29.0 Å². The van der Waals surface area contributed by atoms with Crippen LogP contribution in [0.4, 0.5) is 5.69 Å². The molecule has 0 bridgehead atoms. The lowest BCUT2D eigenvalue weighted by Gasteiger charge is -2.29. The molecule has 4 aromatic rings. The quantitative estimate of drug-likeness (QED) is 0.320. The molecule has 7 nitrogen and oxygen atoms in total. The number of hydrogen-bond acceptors (Lipinski definition) is 6. The summed E-state index contributed by atoms with van der Waals surface area (Å²) in [7, 11) is 0. The van der Waals surface area contributed by atoms with Gasteiger partial charge in [-0.2, -0.15) is 0 Å². The number of fused-ring (bicyclic) bond motifs is 1. The first-order valence-electron chi connectivity index (χ1n) is 11.3. The molecule has 1 aliphatic heterocycles. The number of amides is 1. The van der Waals surface area contributed by atoms with Crippen LogP contribution in [0.15, 0.2) is 95.3 Å². The molecule has 1 aliphatic rings. The van der Waals surface area contributed by atoms with Gasteiger partial charge in [-0.1, -0.05) is 54.6 Å². The van der Waals surface area contributed by atoms with Crippen molar-refractivity contribution in [1.82, 2.24) is 0 Å². The number of aliphatic hydroxyl groups is 1. The fourth-order valence-electron chi connectivity index (χ4n) is 4.11. The van der Waals surface area contributed by atoms with Gasteiger partial charge in [0.15, 0.2) is 5.76 Å². The molecule has 3 aromatic carbocycles. The number of aliphatic hydroxyl groups excluding tert-OH is 1. The number of para-hydroxylation sites is 3. The van der Waals surface area contributed by atoms with Crippen LogP contribution in [0, 0.1) is 0 Å².